The summed E-state index contributed by atoms with van der Waals surface area (Å²) < 4.78 is 0. The van der Waals surface area contributed by atoms with E-state index in [4.69, 9.17) is 0 Å². The Balaban J connectivity index is 2.17. The third kappa shape index (κ3) is 10.6. The van der Waals surface area contributed by atoms with Crippen LogP contribution in [0.2, 0.25) is 0 Å². The smallest absolute Gasteiger partial charge is 0.243 e. The molecule has 2 aromatic carbocycles. The highest BCUT2D eigenvalue weighted by atomic mass is 16.3. The Morgan fingerprint density at radius 1 is 0.711 bits per heavy atom. The highest BCUT2D eigenvalue weighted by Gasteiger charge is 2.29. The molecule has 9 heteroatoms. The van der Waals surface area contributed by atoms with Gasteiger partial charge in [-0.05, 0) is 60.1 Å². The van der Waals surface area contributed by atoms with Crippen LogP contribution in [0.25, 0.3) is 0 Å². The minimum Gasteiger partial charge on any atom is -0.508 e. The Bertz CT molecular complexity index is 1070. The van der Waals surface area contributed by atoms with Crippen LogP contribution in [-0.2, 0) is 32.0 Å². The topological polar surface area (TPSA) is 145 Å². The van der Waals surface area contributed by atoms with E-state index < -0.39 is 29.9 Å². The van der Waals surface area contributed by atoms with Crippen molar-refractivity contribution >= 4 is 24.0 Å². The van der Waals surface area contributed by atoms with Crippen molar-refractivity contribution in [2.45, 2.75) is 71.5 Å². The number of rotatable bonds is 14. The van der Waals surface area contributed by atoms with Gasteiger partial charge < -0.3 is 31.0 Å². The third-order valence-electron chi connectivity index (χ3n) is 5.85. The average Bonchev–Trinajstić information content (AvgIpc) is 2.84. The van der Waals surface area contributed by atoms with E-state index in [1.165, 1.54) is 24.3 Å². The number of phenols is 2. The first-order valence-corrected chi connectivity index (χ1v) is 12.9. The highest BCUT2D eigenvalue weighted by Crippen LogP contribution is 2.14. The van der Waals surface area contributed by atoms with Crippen molar-refractivity contribution in [2.24, 2.45) is 11.8 Å². The predicted molar refractivity (Wildman–Crippen MR) is 144 cm³/mol. The number of aromatic hydroxyl groups is 2. The maximum atomic E-state index is 13.4. The van der Waals surface area contributed by atoms with Gasteiger partial charge in [-0.3, -0.25) is 14.4 Å². The molecule has 0 heterocycles. The standard InChI is InChI=1S/C29H39N3O6/c1-18(2)13-25(28(37)30-22(17-33)15-20-5-9-23(34)10-6-20)32-29(38)26(31-27(36)14-19(3)4)16-21-7-11-24(35)12-8-21/h5-12,17-19,22,25-26,34-35H,13-16H2,1-4H3,(H,30,37)(H,31,36)(H,32,38). The number of aldehydes is 1. The molecule has 2 aromatic rings. The van der Waals surface area contributed by atoms with Crippen LogP contribution in [0.5, 0.6) is 11.5 Å². The third-order valence-corrected chi connectivity index (χ3v) is 5.85. The largest absolute Gasteiger partial charge is 0.508 e. The molecule has 0 spiro atoms. The summed E-state index contributed by atoms with van der Waals surface area (Å²) in [6.07, 6.45) is 1.61. The molecule has 0 aliphatic carbocycles. The van der Waals surface area contributed by atoms with Gasteiger partial charge in [-0.1, -0.05) is 52.0 Å². The molecule has 0 aromatic heterocycles. The van der Waals surface area contributed by atoms with Crippen LogP contribution in [0.1, 0.15) is 51.7 Å². The van der Waals surface area contributed by atoms with E-state index in [-0.39, 0.29) is 48.5 Å². The number of hydrogen-bond donors (Lipinski definition) is 5. The molecule has 0 fully saturated rings. The summed E-state index contributed by atoms with van der Waals surface area (Å²) in [5.41, 5.74) is 1.49. The van der Waals surface area contributed by atoms with Crippen LogP contribution >= 0.6 is 0 Å². The molecule has 0 bridgehead atoms. The van der Waals surface area contributed by atoms with Crippen molar-refractivity contribution in [2.75, 3.05) is 0 Å². The molecule has 3 amide bonds. The number of amides is 3. The fourth-order valence-electron chi connectivity index (χ4n) is 3.98. The molecule has 0 saturated heterocycles. The van der Waals surface area contributed by atoms with E-state index in [1.54, 1.807) is 24.3 Å². The van der Waals surface area contributed by atoms with Crippen LogP contribution in [0, 0.1) is 11.8 Å². The van der Waals surface area contributed by atoms with Crippen LogP contribution in [0.3, 0.4) is 0 Å². The van der Waals surface area contributed by atoms with E-state index >= 15 is 0 Å². The fraction of sp³-hybridized carbons (Fsp3) is 0.448. The second kappa shape index (κ2) is 14.8. The van der Waals surface area contributed by atoms with E-state index in [9.17, 15) is 29.4 Å². The first kappa shape index (κ1) is 30.3. The normalized spacial score (nSPS) is 13.4. The second-order valence-electron chi connectivity index (χ2n) is 10.4. The summed E-state index contributed by atoms with van der Waals surface area (Å²) in [5, 5.41) is 27.3. The minimum absolute atomic E-state index is 0.0592. The van der Waals surface area contributed by atoms with Crippen molar-refractivity contribution < 1.29 is 29.4 Å². The summed E-state index contributed by atoms with van der Waals surface area (Å²) in [5.74, 6) is -0.952. The van der Waals surface area contributed by atoms with Gasteiger partial charge in [0.2, 0.25) is 17.7 Å². The van der Waals surface area contributed by atoms with Gasteiger partial charge in [0.1, 0.15) is 29.9 Å². The number of carbonyl (C=O) groups excluding carboxylic acids is 4. The van der Waals surface area contributed by atoms with Crippen LogP contribution < -0.4 is 16.0 Å². The molecule has 5 N–H and O–H groups in total. The summed E-state index contributed by atoms with van der Waals surface area (Å²) in [6, 6.07) is 9.99. The maximum Gasteiger partial charge on any atom is 0.243 e. The van der Waals surface area contributed by atoms with E-state index in [0.717, 1.165) is 11.1 Å². The van der Waals surface area contributed by atoms with Gasteiger partial charge in [-0.25, -0.2) is 0 Å². The van der Waals surface area contributed by atoms with Gasteiger partial charge in [-0.15, -0.1) is 0 Å². The van der Waals surface area contributed by atoms with E-state index in [0.29, 0.717) is 12.7 Å². The molecular weight excluding hydrogens is 486 g/mol. The Hall–Kier alpha value is -3.88. The molecule has 9 nitrogen and oxygen atoms in total. The minimum atomic E-state index is -0.938. The number of hydrogen-bond acceptors (Lipinski definition) is 6. The number of phenolic OH excluding ortho intramolecular Hbond substituents is 2. The van der Waals surface area contributed by atoms with Crippen molar-refractivity contribution in [1.82, 2.24) is 16.0 Å². The summed E-state index contributed by atoms with van der Waals surface area (Å²) in [6.45, 7) is 7.63. The lowest BCUT2D eigenvalue weighted by molar-refractivity contribution is -0.133. The van der Waals surface area contributed by atoms with Gasteiger partial charge in [0.05, 0.1) is 6.04 Å². The SMILES string of the molecule is CC(C)CC(=O)NC(Cc1ccc(O)cc1)C(=O)NC(CC(C)C)C(=O)NC(C=O)Cc1ccc(O)cc1. The number of nitrogens with one attached hydrogen (secondary N) is 3. The van der Waals surface area contributed by atoms with Crippen molar-refractivity contribution in [3.8, 4) is 11.5 Å². The number of carbonyl (C=O) groups is 4. The molecule has 0 aliphatic rings. The van der Waals surface area contributed by atoms with Crippen molar-refractivity contribution in [3.05, 3.63) is 59.7 Å². The van der Waals surface area contributed by atoms with E-state index in [2.05, 4.69) is 16.0 Å². The van der Waals surface area contributed by atoms with E-state index in [1.807, 2.05) is 27.7 Å². The first-order valence-electron chi connectivity index (χ1n) is 12.9. The van der Waals surface area contributed by atoms with Gasteiger partial charge >= 0.3 is 0 Å². The van der Waals surface area contributed by atoms with Gasteiger partial charge in [0, 0.05) is 12.8 Å². The zero-order valence-corrected chi connectivity index (χ0v) is 22.4. The van der Waals surface area contributed by atoms with Crippen molar-refractivity contribution in [1.29, 1.82) is 0 Å². The predicted octanol–water partition coefficient (Wildman–Crippen LogP) is 2.63. The lowest BCUT2D eigenvalue weighted by Gasteiger charge is -2.25. The summed E-state index contributed by atoms with van der Waals surface area (Å²) in [7, 11) is 0. The highest BCUT2D eigenvalue weighted by molar-refractivity contribution is 5.93. The molecule has 38 heavy (non-hydrogen) atoms. The molecule has 0 aliphatic heterocycles. The quantitative estimate of drug-likeness (QED) is 0.240. The lowest BCUT2D eigenvalue weighted by atomic mass is 10.00. The molecule has 0 saturated carbocycles. The second-order valence-corrected chi connectivity index (χ2v) is 10.4. The fourth-order valence-corrected chi connectivity index (χ4v) is 3.98. The molecule has 3 unspecified atom stereocenters. The Morgan fingerprint density at radius 3 is 1.68 bits per heavy atom. The van der Waals surface area contributed by atoms with Gasteiger partial charge in [0.15, 0.2) is 0 Å². The lowest BCUT2D eigenvalue weighted by Crippen LogP contribution is -2.56. The summed E-state index contributed by atoms with van der Waals surface area (Å²) >= 11 is 0. The van der Waals surface area contributed by atoms with Crippen LogP contribution in [-0.4, -0.2) is 52.3 Å². The average molecular weight is 526 g/mol. The first-order chi connectivity index (χ1) is 18.0. The molecule has 206 valence electrons. The Labute approximate surface area is 224 Å². The van der Waals surface area contributed by atoms with Crippen LogP contribution in [0.15, 0.2) is 48.5 Å². The zero-order valence-electron chi connectivity index (χ0n) is 22.4. The molecule has 0 radical (unpaired) electrons. The monoisotopic (exact) mass is 525 g/mol. The summed E-state index contributed by atoms with van der Waals surface area (Å²) in [4.78, 5) is 50.8. The molecule has 2 rings (SSSR count). The molecule has 3 atom stereocenters. The Kier molecular flexibility index (Phi) is 11.8. The molecular formula is C29H39N3O6. The van der Waals surface area contributed by atoms with Gasteiger partial charge in [0.25, 0.3) is 0 Å². The van der Waals surface area contributed by atoms with Gasteiger partial charge in [-0.2, -0.15) is 0 Å². The zero-order chi connectivity index (χ0) is 28.2. The maximum absolute atomic E-state index is 13.4. The number of benzene rings is 2. The van der Waals surface area contributed by atoms with Crippen molar-refractivity contribution in [3.63, 3.8) is 0 Å². The van der Waals surface area contributed by atoms with Crippen LogP contribution in [0.4, 0.5) is 0 Å². The Morgan fingerprint density at radius 2 is 1.21 bits per heavy atom.